The third-order valence-corrected chi connectivity index (χ3v) is 17.3. The summed E-state index contributed by atoms with van der Waals surface area (Å²) in [5, 5.41) is 1.73. The lowest BCUT2D eigenvalue weighted by molar-refractivity contribution is 0.168. The zero-order valence-corrected chi connectivity index (χ0v) is 23.6. The first-order chi connectivity index (χ1) is 14.7. The van der Waals surface area contributed by atoms with Crippen molar-refractivity contribution in [3.8, 4) is 0 Å². The number of methoxy groups -OCH3 is 4. The monoisotopic (exact) mass is 560 g/mol. The number of hydrogen-bond acceptors (Lipinski definition) is 12. The van der Waals surface area contributed by atoms with Gasteiger partial charge in [0, 0.05) is 49.4 Å². The predicted molar refractivity (Wildman–Crippen MR) is 144 cm³/mol. The van der Waals surface area contributed by atoms with E-state index in [9.17, 15) is 0 Å². The SMILES string of the molecule is COC[C@H]1SC2=C(SC(=C3SC4=C(S3)S[C@H](COC)[C@@H](COC)S4)S2)S[C@@H]1COC. The van der Waals surface area contributed by atoms with Gasteiger partial charge in [0.25, 0.3) is 0 Å². The van der Waals surface area contributed by atoms with Crippen molar-refractivity contribution >= 4 is 94.1 Å². The summed E-state index contributed by atoms with van der Waals surface area (Å²) in [6, 6.07) is 0. The van der Waals surface area contributed by atoms with E-state index in [-0.39, 0.29) is 0 Å². The lowest BCUT2D eigenvalue weighted by Crippen LogP contribution is -2.30. The molecule has 168 valence electrons. The fourth-order valence-corrected chi connectivity index (χ4v) is 16.7. The Kier molecular flexibility index (Phi) is 10.00. The van der Waals surface area contributed by atoms with E-state index in [1.165, 1.54) is 25.4 Å². The molecule has 0 radical (unpaired) electrons. The fraction of sp³-hybridized carbons (Fsp3) is 0.667. The summed E-state index contributed by atoms with van der Waals surface area (Å²) in [5.41, 5.74) is 0. The lowest BCUT2D eigenvalue weighted by atomic mass is 10.3. The van der Waals surface area contributed by atoms with E-state index in [2.05, 4.69) is 0 Å². The van der Waals surface area contributed by atoms with Crippen molar-refractivity contribution < 1.29 is 18.9 Å². The third kappa shape index (κ3) is 5.73. The van der Waals surface area contributed by atoms with Crippen LogP contribution < -0.4 is 0 Å². The van der Waals surface area contributed by atoms with Crippen LogP contribution in [-0.4, -0.2) is 75.9 Å². The summed E-state index contributed by atoms with van der Waals surface area (Å²) in [4.78, 5) is 0. The summed E-state index contributed by atoms with van der Waals surface area (Å²) >= 11 is 15.6. The van der Waals surface area contributed by atoms with Crippen LogP contribution in [0.15, 0.2) is 25.4 Å². The highest BCUT2D eigenvalue weighted by molar-refractivity contribution is 8.45. The highest BCUT2D eigenvalue weighted by Gasteiger charge is 2.41. The van der Waals surface area contributed by atoms with Gasteiger partial charge in [-0.15, -0.1) is 47.0 Å². The van der Waals surface area contributed by atoms with Gasteiger partial charge in [-0.25, -0.2) is 0 Å². The molecule has 0 saturated carbocycles. The molecule has 0 fully saturated rings. The summed E-state index contributed by atoms with van der Waals surface area (Å²) < 4.78 is 30.5. The second-order valence-electron chi connectivity index (χ2n) is 6.58. The van der Waals surface area contributed by atoms with E-state index in [0.29, 0.717) is 21.0 Å². The average molecular weight is 561 g/mol. The molecule has 4 aliphatic heterocycles. The van der Waals surface area contributed by atoms with Crippen LogP contribution in [0.5, 0.6) is 0 Å². The minimum Gasteiger partial charge on any atom is -0.383 e. The van der Waals surface area contributed by atoms with Gasteiger partial charge < -0.3 is 18.9 Å². The fourth-order valence-electron chi connectivity index (χ4n) is 3.08. The van der Waals surface area contributed by atoms with E-state index < -0.39 is 0 Å². The maximum Gasteiger partial charge on any atom is 0.0717 e. The van der Waals surface area contributed by atoms with Crippen molar-refractivity contribution in [1.82, 2.24) is 0 Å². The molecule has 0 unspecified atom stereocenters. The number of rotatable bonds is 8. The maximum atomic E-state index is 5.48. The van der Waals surface area contributed by atoms with Crippen molar-refractivity contribution in [1.29, 1.82) is 0 Å². The quantitative estimate of drug-likeness (QED) is 0.332. The summed E-state index contributed by atoms with van der Waals surface area (Å²) in [5.74, 6) is 0. The molecule has 0 aromatic carbocycles. The minimum absolute atomic E-state index is 0.432. The summed E-state index contributed by atoms with van der Waals surface area (Å²) in [6.07, 6.45) is 0. The van der Waals surface area contributed by atoms with Crippen LogP contribution in [0.1, 0.15) is 0 Å². The normalized spacial score (nSPS) is 31.6. The van der Waals surface area contributed by atoms with Gasteiger partial charge in [0.2, 0.25) is 0 Å². The van der Waals surface area contributed by atoms with Crippen molar-refractivity contribution in [3.05, 3.63) is 25.4 Å². The van der Waals surface area contributed by atoms with Gasteiger partial charge in [-0.3, -0.25) is 0 Å². The molecule has 0 saturated heterocycles. The molecule has 0 spiro atoms. The molecule has 0 aromatic rings. The third-order valence-electron chi connectivity index (χ3n) is 4.43. The van der Waals surface area contributed by atoms with E-state index >= 15 is 0 Å². The Morgan fingerprint density at radius 2 is 0.667 bits per heavy atom. The first kappa shape index (κ1) is 25.0. The average Bonchev–Trinajstić information content (AvgIpc) is 3.32. The molecule has 4 aliphatic rings. The van der Waals surface area contributed by atoms with Crippen molar-refractivity contribution in [2.75, 3.05) is 54.9 Å². The van der Waals surface area contributed by atoms with Crippen molar-refractivity contribution in [3.63, 3.8) is 0 Å². The smallest absolute Gasteiger partial charge is 0.0717 e. The molecule has 30 heavy (non-hydrogen) atoms. The van der Waals surface area contributed by atoms with E-state index in [1.54, 1.807) is 28.4 Å². The van der Waals surface area contributed by atoms with Crippen LogP contribution >= 0.6 is 94.1 Å². The van der Waals surface area contributed by atoms with Gasteiger partial charge >= 0.3 is 0 Å². The molecular weight excluding hydrogens is 537 g/mol. The van der Waals surface area contributed by atoms with Crippen LogP contribution in [0.3, 0.4) is 0 Å². The number of thioether (sulfide) groups is 8. The Hall–Kier alpha value is 1.86. The number of ether oxygens (including phenoxy) is 4. The van der Waals surface area contributed by atoms with Gasteiger partial charge in [-0.1, -0.05) is 47.0 Å². The molecule has 4 atom stereocenters. The maximum absolute atomic E-state index is 5.48. The molecule has 12 heteroatoms. The van der Waals surface area contributed by atoms with Crippen molar-refractivity contribution in [2.45, 2.75) is 21.0 Å². The Morgan fingerprint density at radius 3 is 0.867 bits per heavy atom. The van der Waals surface area contributed by atoms with Crippen LogP contribution in [0, 0.1) is 0 Å². The standard InChI is InChI=1S/C18H24O4S8/c1-19-5-9-10(6-20-2)24-14-13(23-9)27-17(28-14)18-29-15-16(30-18)26-12(8-22-4)11(25-15)7-21-3/h9-12H,5-8H2,1-4H3/t9-,10-,11-,12-/m1/s1. The molecule has 4 nitrogen and oxygen atoms in total. The molecule has 4 heterocycles. The van der Waals surface area contributed by atoms with Gasteiger partial charge in [0.05, 0.1) is 51.9 Å². The molecule has 0 bridgehead atoms. The highest BCUT2D eigenvalue weighted by Crippen LogP contribution is 2.69. The second-order valence-corrected chi connectivity index (χ2v) is 17.2. The van der Waals surface area contributed by atoms with Crippen molar-refractivity contribution in [2.24, 2.45) is 0 Å². The van der Waals surface area contributed by atoms with Gasteiger partial charge in [0.15, 0.2) is 0 Å². The van der Waals surface area contributed by atoms with Gasteiger partial charge in [-0.05, 0) is 0 Å². The summed E-state index contributed by atoms with van der Waals surface area (Å²) in [7, 11) is 7.14. The molecule has 4 rings (SSSR count). The van der Waals surface area contributed by atoms with Gasteiger partial charge in [-0.2, -0.15) is 0 Å². The molecule has 0 aliphatic carbocycles. The predicted octanol–water partition coefficient (Wildman–Crippen LogP) is 6.35. The Morgan fingerprint density at radius 1 is 0.433 bits per heavy atom. The van der Waals surface area contributed by atoms with Crippen LogP contribution in [0.4, 0.5) is 0 Å². The largest absolute Gasteiger partial charge is 0.383 e. The Balaban J connectivity index is 1.44. The van der Waals surface area contributed by atoms with Crippen LogP contribution in [0.25, 0.3) is 0 Å². The minimum atomic E-state index is 0.432. The molecule has 0 aromatic heterocycles. The Labute approximate surface area is 212 Å². The van der Waals surface area contributed by atoms with Crippen LogP contribution in [0.2, 0.25) is 0 Å². The van der Waals surface area contributed by atoms with Crippen LogP contribution in [-0.2, 0) is 18.9 Å². The molecule has 0 N–H and O–H groups in total. The topological polar surface area (TPSA) is 36.9 Å². The van der Waals surface area contributed by atoms with E-state index in [1.807, 2.05) is 94.1 Å². The number of hydrogen-bond donors (Lipinski definition) is 0. The summed E-state index contributed by atoms with van der Waals surface area (Å²) in [6.45, 7) is 3.03. The van der Waals surface area contributed by atoms with E-state index in [0.717, 1.165) is 26.4 Å². The molecular formula is C18H24O4S8. The lowest BCUT2D eigenvalue weighted by Gasteiger charge is -2.29. The Bertz CT molecular complexity index is 624. The zero-order chi connectivity index (χ0) is 21.1. The van der Waals surface area contributed by atoms with Gasteiger partial charge in [0.1, 0.15) is 0 Å². The zero-order valence-electron chi connectivity index (χ0n) is 17.0. The first-order valence-electron chi connectivity index (χ1n) is 9.23. The molecule has 0 amide bonds. The van der Waals surface area contributed by atoms with E-state index in [4.69, 9.17) is 18.9 Å². The highest BCUT2D eigenvalue weighted by atomic mass is 32.3. The first-order valence-corrected chi connectivity index (χ1v) is 16.0. The second kappa shape index (κ2) is 12.0.